The van der Waals surface area contributed by atoms with Crippen molar-refractivity contribution < 1.29 is 0 Å². The first kappa shape index (κ1) is 20.2. The summed E-state index contributed by atoms with van der Waals surface area (Å²) in [5, 5.41) is 13.2. The fourth-order valence-electron chi connectivity index (χ4n) is 2.70. The minimum absolute atomic E-state index is 0. The highest BCUT2D eigenvalue weighted by Crippen LogP contribution is 2.28. The summed E-state index contributed by atoms with van der Waals surface area (Å²) >= 11 is 1.73. The maximum atomic E-state index is 4.42. The molecule has 5 nitrogen and oxygen atoms in total. The smallest absolute Gasteiger partial charge is 0.191 e. The fraction of sp³-hybridized carbons (Fsp3) is 0.533. The first-order valence-corrected chi connectivity index (χ1v) is 8.37. The van der Waals surface area contributed by atoms with Crippen LogP contribution in [-0.4, -0.2) is 32.8 Å². The van der Waals surface area contributed by atoms with Gasteiger partial charge in [-0.05, 0) is 44.5 Å². The molecule has 2 aromatic rings. The zero-order valence-corrected chi connectivity index (χ0v) is 15.8. The van der Waals surface area contributed by atoms with Gasteiger partial charge in [0.15, 0.2) is 5.16 Å². The number of hydrogen-bond acceptors (Lipinski definition) is 5. The van der Waals surface area contributed by atoms with Crippen molar-refractivity contribution in [2.75, 3.05) is 13.1 Å². The number of hydrogen-bond donors (Lipinski definition) is 1. The van der Waals surface area contributed by atoms with Gasteiger partial charge in [0.2, 0.25) is 0 Å². The summed E-state index contributed by atoms with van der Waals surface area (Å²) in [7, 11) is 2.08. The molecule has 1 saturated heterocycles. The van der Waals surface area contributed by atoms with E-state index in [1.807, 2.05) is 19.2 Å². The lowest BCUT2D eigenvalue weighted by Crippen LogP contribution is -2.27. The molecular weight excluding hydrogens is 353 g/mol. The summed E-state index contributed by atoms with van der Waals surface area (Å²) in [4.78, 5) is 4.33. The van der Waals surface area contributed by atoms with Crippen molar-refractivity contribution in [2.45, 2.75) is 36.6 Å². The third-order valence-electron chi connectivity index (χ3n) is 4.05. The number of piperidine rings is 1. The van der Waals surface area contributed by atoms with E-state index in [1.54, 1.807) is 11.8 Å². The molecule has 0 radical (unpaired) electrons. The standard InChI is InChI=1S/C15H21N5S.2ClH/c1-11-13(4-3-7-17-11)10-21-15-19-18-14(20(15)2)12-5-8-16-9-6-12;;/h3-4,7,12,16H,5-6,8-10H2,1-2H3;2*1H. The molecule has 8 heteroatoms. The molecule has 0 atom stereocenters. The van der Waals surface area contributed by atoms with Crippen LogP contribution in [0.1, 0.15) is 35.8 Å². The molecule has 0 amide bonds. The van der Waals surface area contributed by atoms with E-state index in [0.717, 1.165) is 48.4 Å². The van der Waals surface area contributed by atoms with E-state index in [1.165, 1.54) is 5.56 Å². The van der Waals surface area contributed by atoms with Crippen LogP contribution in [0, 0.1) is 6.92 Å². The van der Waals surface area contributed by atoms with Gasteiger partial charge >= 0.3 is 0 Å². The van der Waals surface area contributed by atoms with E-state index in [2.05, 4.69) is 38.2 Å². The van der Waals surface area contributed by atoms with Crippen molar-refractivity contribution in [1.29, 1.82) is 0 Å². The number of aryl methyl sites for hydroxylation is 1. The van der Waals surface area contributed by atoms with Crippen LogP contribution in [0.2, 0.25) is 0 Å². The Labute approximate surface area is 153 Å². The zero-order chi connectivity index (χ0) is 14.7. The number of nitrogens with zero attached hydrogens (tertiary/aromatic N) is 4. The van der Waals surface area contributed by atoms with Gasteiger partial charge in [-0.25, -0.2) is 0 Å². The number of aromatic nitrogens is 4. The van der Waals surface area contributed by atoms with E-state index in [-0.39, 0.29) is 24.8 Å². The molecule has 1 fully saturated rings. The Balaban J connectivity index is 0.00000132. The summed E-state index contributed by atoms with van der Waals surface area (Å²) in [6, 6.07) is 4.11. The molecule has 0 spiro atoms. The van der Waals surface area contributed by atoms with Gasteiger partial charge in [0.1, 0.15) is 5.82 Å². The third-order valence-corrected chi connectivity index (χ3v) is 5.12. The second-order valence-corrected chi connectivity index (χ2v) is 6.40. The van der Waals surface area contributed by atoms with Crippen molar-refractivity contribution in [1.82, 2.24) is 25.1 Å². The summed E-state index contributed by atoms with van der Waals surface area (Å²) in [5.41, 5.74) is 2.35. The first-order chi connectivity index (χ1) is 10.3. The quantitative estimate of drug-likeness (QED) is 0.831. The average molecular weight is 376 g/mol. The molecule has 3 rings (SSSR count). The normalized spacial score (nSPS) is 14.9. The summed E-state index contributed by atoms with van der Waals surface area (Å²) in [5.74, 6) is 2.55. The molecule has 1 aliphatic rings. The largest absolute Gasteiger partial charge is 0.317 e. The van der Waals surface area contributed by atoms with Crippen LogP contribution in [0.3, 0.4) is 0 Å². The molecule has 0 aliphatic carbocycles. The van der Waals surface area contributed by atoms with E-state index in [0.29, 0.717) is 5.92 Å². The number of nitrogens with one attached hydrogen (secondary N) is 1. The summed E-state index contributed by atoms with van der Waals surface area (Å²) < 4.78 is 2.16. The van der Waals surface area contributed by atoms with Crippen LogP contribution >= 0.6 is 36.6 Å². The second-order valence-electron chi connectivity index (χ2n) is 5.46. The third kappa shape index (κ3) is 4.83. The Bertz CT molecular complexity index is 614. The lowest BCUT2D eigenvalue weighted by molar-refractivity contribution is 0.434. The van der Waals surface area contributed by atoms with Gasteiger partial charge in [0.25, 0.3) is 0 Å². The SMILES string of the molecule is Cc1ncccc1CSc1nnc(C2CCNCC2)n1C.Cl.Cl. The Morgan fingerprint density at radius 2 is 2.00 bits per heavy atom. The van der Waals surface area contributed by atoms with Crippen molar-refractivity contribution in [3.63, 3.8) is 0 Å². The van der Waals surface area contributed by atoms with Gasteiger partial charge in [-0.15, -0.1) is 35.0 Å². The van der Waals surface area contributed by atoms with Gasteiger partial charge in [-0.1, -0.05) is 17.8 Å². The molecule has 1 N–H and O–H groups in total. The highest BCUT2D eigenvalue weighted by atomic mass is 35.5. The van der Waals surface area contributed by atoms with E-state index >= 15 is 0 Å². The van der Waals surface area contributed by atoms with Gasteiger partial charge < -0.3 is 9.88 Å². The lowest BCUT2D eigenvalue weighted by Gasteiger charge is -2.21. The van der Waals surface area contributed by atoms with E-state index in [9.17, 15) is 0 Å². The number of thioether (sulfide) groups is 1. The average Bonchev–Trinajstić information content (AvgIpc) is 2.88. The molecule has 0 bridgehead atoms. The van der Waals surface area contributed by atoms with Crippen molar-refractivity contribution in [2.24, 2.45) is 7.05 Å². The molecule has 0 saturated carbocycles. The number of rotatable bonds is 4. The predicted octanol–water partition coefficient (Wildman–Crippen LogP) is 3.12. The minimum atomic E-state index is 0. The van der Waals surface area contributed by atoms with Crippen LogP contribution in [0.4, 0.5) is 0 Å². The second kappa shape index (κ2) is 9.47. The van der Waals surface area contributed by atoms with Gasteiger partial charge in [-0.2, -0.15) is 0 Å². The Hall–Kier alpha value is -0.820. The van der Waals surface area contributed by atoms with Gasteiger partial charge in [0.05, 0.1) is 0 Å². The predicted molar refractivity (Wildman–Crippen MR) is 98.9 cm³/mol. The maximum Gasteiger partial charge on any atom is 0.191 e. The van der Waals surface area contributed by atoms with E-state index in [4.69, 9.17) is 0 Å². The Kier molecular flexibility index (Phi) is 8.33. The highest BCUT2D eigenvalue weighted by molar-refractivity contribution is 7.98. The monoisotopic (exact) mass is 375 g/mol. The Morgan fingerprint density at radius 3 is 2.70 bits per heavy atom. The first-order valence-electron chi connectivity index (χ1n) is 7.39. The van der Waals surface area contributed by atoms with Crippen molar-refractivity contribution >= 4 is 36.6 Å². The Morgan fingerprint density at radius 1 is 1.26 bits per heavy atom. The van der Waals surface area contributed by atoms with E-state index < -0.39 is 0 Å². The minimum Gasteiger partial charge on any atom is -0.317 e. The molecule has 1 aliphatic heterocycles. The van der Waals surface area contributed by atoms with Crippen molar-refractivity contribution in [3.05, 3.63) is 35.4 Å². The van der Waals surface area contributed by atoms with Gasteiger partial charge in [-0.3, -0.25) is 4.98 Å². The topological polar surface area (TPSA) is 55.6 Å². The summed E-state index contributed by atoms with van der Waals surface area (Å²) in [6.07, 6.45) is 4.14. The van der Waals surface area contributed by atoms with Crippen molar-refractivity contribution in [3.8, 4) is 0 Å². The molecule has 2 aromatic heterocycles. The van der Waals surface area contributed by atoms with Crippen LogP contribution in [-0.2, 0) is 12.8 Å². The van der Waals surface area contributed by atoms with Crippen LogP contribution in [0.15, 0.2) is 23.5 Å². The number of halogens is 2. The van der Waals surface area contributed by atoms with Crippen LogP contribution in [0.5, 0.6) is 0 Å². The maximum absolute atomic E-state index is 4.42. The van der Waals surface area contributed by atoms with Crippen LogP contribution < -0.4 is 5.32 Å². The molecule has 0 aromatic carbocycles. The lowest BCUT2D eigenvalue weighted by atomic mass is 9.97. The summed E-state index contributed by atoms with van der Waals surface area (Å²) in [6.45, 7) is 4.21. The fourth-order valence-corrected chi connectivity index (χ4v) is 3.68. The molecule has 0 unspecified atom stereocenters. The van der Waals surface area contributed by atoms with Crippen LogP contribution in [0.25, 0.3) is 0 Å². The molecule has 23 heavy (non-hydrogen) atoms. The van der Waals surface area contributed by atoms with Gasteiger partial charge in [0, 0.05) is 30.6 Å². The number of pyridine rings is 1. The molecule has 3 heterocycles. The highest BCUT2D eigenvalue weighted by Gasteiger charge is 2.21. The molecule has 128 valence electrons. The molecular formula is C15H23Cl2N5S. The zero-order valence-electron chi connectivity index (χ0n) is 13.4.